The SMILES string of the molecule is CCOC(=O)C1(N)CCCC1C(=O)[C@H](C)NC(=O)[C@@H]1CCCN1C(=O)CN. The molecule has 1 aliphatic carbocycles. The van der Waals surface area contributed by atoms with Crippen molar-refractivity contribution in [1.29, 1.82) is 0 Å². The van der Waals surface area contributed by atoms with Crippen LogP contribution >= 0.6 is 0 Å². The van der Waals surface area contributed by atoms with Gasteiger partial charge in [0.1, 0.15) is 11.6 Å². The van der Waals surface area contributed by atoms with Crippen LogP contribution in [0.4, 0.5) is 0 Å². The monoisotopic (exact) mass is 382 g/mol. The van der Waals surface area contributed by atoms with Crippen LogP contribution in [0.1, 0.15) is 46.0 Å². The minimum Gasteiger partial charge on any atom is -0.465 e. The van der Waals surface area contributed by atoms with Gasteiger partial charge in [0, 0.05) is 12.5 Å². The molecule has 1 heterocycles. The van der Waals surface area contributed by atoms with Crippen molar-refractivity contribution >= 4 is 23.6 Å². The van der Waals surface area contributed by atoms with E-state index in [9.17, 15) is 19.2 Å². The highest BCUT2D eigenvalue weighted by Gasteiger charge is 2.51. The summed E-state index contributed by atoms with van der Waals surface area (Å²) < 4.78 is 5.04. The second-order valence-electron chi connectivity index (χ2n) is 7.29. The molecule has 2 aliphatic rings. The fraction of sp³-hybridized carbons (Fsp3) is 0.778. The number of hydrogen-bond donors (Lipinski definition) is 3. The summed E-state index contributed by atoms with van der Waals surface area (Å²) in [6.07, 6.45) is 2.75. The van der Waals surface area contributed by atoms with Crippen LogP contribution in [0.2, 0.25) is 0 Å². The maximum Gasteiger partial charge on any atom is 0.326 e. The first-order chi connectivity index (χ1) is 12.8. The number of ether oxygens (including phenoxy) is 1. The number of amides is 2. The normalized spacial score (nSPS) is 28.7. The molecule has 2 rings (SSSR count). The summed E-state index contributed by atoms with van der Waals surface area (Å²) >= 11 is 0. The van der Waals surface area contributed by atoms with Gasteiger partial charge in [-0.05, 0) is 39.5 Å². The Morgan fingerprint density at radius 1 is 1.26 bits per heavy atom. The zero-order chi connectivity index (χ0) is 20.2. The molecule has 1 saturated carbocycles. The highest BCUT2D eigenvalue weighted by Crippen LogP contribution is 2.36. The topological polar surface area (TPSA) is 145 Å². The average molecular weight is 382 g/mol. The van der Waals surface area contributed by atoms with Crippen molar-refractivity contribution in [2.75, 3.05) is 19.7 Å². The van der Waals surface area contributed by atoms with E-state index in [0.29, 0.717) is 38.6 Å². The van der Waals surface area contributed by atoms with Gasteiger partial charge in [-0.25, -0.2) is 0 Å². The average Bonchev–Trinajstić information content (AvgIpc) is 3.28. The summed E-state index contributed by atoms with van der Waals surface area (Å²) in [5.41, 5.74) is 10.3. The van der Waals surface area contributed by atoms with Gasteiger partial charge >= 0.3 is 5.97 Å². The van der Waals surface area contributed by atoms with Crippen LogP contribution < -0.4 is 16.8 Å². The maximum atomic E-state index is 12.9. The van der Waals surface area contributed by atoms with Crippen LogP contribution in [0.25, 0.3) is 0 Å². The van der Waals surface area contributed by atoms with E-state index in [-0.39, 0.29) is 30.7 Å². The number of carbonyl (C=O) groups excluding carboxylic acids is 4. The molecule has 0 spiro atoms. The predicted octanol–water partition coefficient (Wildman–Crippen LogP) is -0.929. The van der Waals surface area contributed by atoms with E-state index < -0.39 is 29.5 Å². The third-order valence-corrected chi connectivity index (χ3v) is 5.54. The molecule has 4 atom stereocenters. The lowest BCUT2D eigenvalue weighted by Crippen LogP contribution is -2.58. The van der Waals surface area contributed by atoms with Crippen LogP contribution in [-0.4, -0.2) is 65.8 Å². The number of rotatable bonds is 7. The highest BCUT2D eigenvalue weighted by molar-refractivity contribution is 5.98. The van der Waals surface area contributed by atoms with Gasteiger partial charge in [-0.15, -0.1) is 0 Å². The summed E-state index contributed by atoms with van der Waals surface area (Å²) in [6.45, 7) is 3.78. The number of esters is 1. The van der Waals surface area contributed by atoms with E-state index in [4.69, 9.17) is 16.2 Å². The van der Waals surface area contributed by atoms with E-state index in [1.165, 1.54) is 4.90 Å². The van der Waals surface area contributed by atoms with Crippen LogP contribution in [0.3, 0.4) is 0 Å². The Kier molecular flexibility index (Phi) is 6.94. The number of hydrogen-bond acceptors (Lipinski definition) is 7. The van der Waals surface area contributed by atoms with Crippen molar-refractivity contribution in [3.8, 4) is 0 Å². The quantitative estimate of drug-likeness (QED) is 0.482. The molecular formula is C18H30N4O5. The van der Waals surface area contributed by atoms with Gasteiger partial charge in [-0.2, -0.15) is 0 Å². The fourth-order valence-corrected chi connectivity index (χ4v) is 4.07. The first-order valence-corrected chi connectivity index (χ1v) is 9.56. The lowest BCUT2D eigenvalue weighted by molar-refractivity contribution is -0.153. The van der Waals surface area contributed by atoms with Gasteiger partial charge in [0.2, 0.25) is 11.8 Å². The van der Waals surface area contributed by atoms with Crippen molar-refractivity contribution < 1.29 is 23.9 Å². The molecular weight excluding hydrogens is 352 g/mol. The Bertz CT molecular complexity index is 611. The zero-order valence-electron chi connectivity index (χ0n) is 16.0. The number of likely N-dealkylation sites (tertiary alicyclic amines) is 1. The Balaban J connectivity index is 2.03. The number of nitrogens with two attached hydrogens (primary N) is 2. The van der Waals surface area contributed by atoms with E-state index >= 15 is 0 Å². The lowest BCUT2D eigenvalue weighted by atomic mass is 9.82. The van der Waals surface area contributed by atoms with Crippen LogP contribution in [-0.2, 0) is 23.9 Å². The molecule has 5 N–H and O–H groups in total. The summed E-state index contributed by atoms with van der Waals surface area (Å²) in [5.74, 6) is -2.23. The standard InChI is InChI=1S/C18H30N4O5/c1-3-27-17(26)18(20)8-4-6-12(18)15(24)11(2)21-16(25)13-7-5-9-22(13)14(23)10-19/h11-13H,3-10,19-20H2,1-2H3,(H,21,25)/t11-,12?,13-,18?/m0/s1. The molecule has 152 valence electrons. The Hall–Kier alpha value is -2.00. The van der Waals surface area contributed by atoms with Crippen molar-refractivity contribution in [1.82, 2.24) is 10.2 Å². The first kappa shape index (κ1) is 21.3. The van der Waals surface area contributed by atoms with Gasteiger partial charge in [-0.1, -0.05) is 6.42 Å². The Morgan fingerprint density at radius 2 is 1.96 bits per heavy atom. The molecule has 2 amide bonds. The van der Waals surface area contributed by atoms with Crippen LogP contribution in [0.15, 0.2) is 0 Å². The van der Waals surface area contributed by atoms with Crippen molar-refractivity contribution in [2.24, 2.45) is 17.4 Å². The van der Waals surface area contributed by atoms with Gasteiger partial charge in [0.05, 0.1) is 19.2 Å². The van der Waals surface area contributed by atoms with Gasteiger partial charge in [0.25, 0.3) is 0 Å². The van der Waals surface area contributed by atoms with Crippen molar-refractivity contribution in [3.05, 3.63) is 0 Å². The number of ketones is 1. The second kappa shape index (κ2) is 8.79. The maximum absolute atomic E-state index is 12.9. The molecule has 1 saturated heterocycles. The summed E-state index contributed by atoms with van der Waals surface area (Å²) in [6, 6.07) is -1.43. The Morgan fingerprint density at radius 3 is 2.59 bits per heavy atom. The van der Waals surface area contributed by atoms with E-state index in [1.807, 2.05) is 0 Å². The zero-order valence-corrected chi connectivity index (χ0v) is 16.0. The molecule has 0 aromatic carbocycles. The summed E-state index contributed by atoms with van der Waals surface area (Å²) in [7, 11) is 0. The lowest BCUT2D eigenvalue weighted by Gasteiger charge is -2.30. The molecule has 0 aromatic heterocycles. The molecule has 1 aliphatic heterocycles. The van der Waals surface area contributed by atoms with E-state index in [1.54, 1.807) is 13.8 Å². The molecule has 9 nitrogen and oxygen atoms in total. The molecule has 2 fully saturated rings. The summed E-state index contributed by atoms with van der Waals surface area (Å²) in [5, 5.41) is 2.69. The third-order valence-electron chi connectivity index (χ3n) is 5.54. The molecule has 0 radical (unpaired) electrons. The van der Waals surface area contributed by atoms with Gasteiger partial charge in [0.15, 0.2) is 5.78 Å². The Labute approximate surface area is 159 Å². The fourth-order valence-electron chi connectivity index (χ4n) is 4.07. The second-order valence-corrected chi connectivity index (χ2v) is 7.29. The number of Topliss-reactive ketones (excluding diaryl/α,β-unsaturated/α-hetero) is 1. The number of carbonyl (C=O) groups is 4. The molecule has 0 aromatic rings. The molecule has 0 bridgehead atoms. The van der Waals surface area contributed by atoms with Crippen LogP contribution in [0.5, 0.6) is 0 Å². The first-order valence-electron chi connectivity index (χ1n) is 9.56. The van der Waals surface area contributed by atoms with E-state index in [2.05, 4.69) is 5.32 Å². The van der Waals surface area contributed by atoms with E-state index in [0.717, 1.165) is 0 Å². The molecule has 9 heteroatoms. The van der Waals surface area contributed by atoms with Gasteiger partial charge < -0.3 is 26.4 Å². The van der Waals surface area contributed by atoms with Gasteiger partial charge in [-0.3, -0.25) is 19.2 Å². The highest BCUT2D eigenvalue weighted by atomic mass is 16.5. The third kappa shape index (κ3) is 4.30. The minimum atomic E-state index is -1.35. The predicted molar refractivity (Wildman–Crippen MR) is 97.3 cm³/mol. The van der Waals surface area contributed by atoms with Crippen molar-refractivity contribution in [3.63, 3.8) is 0 Å². The molecule has 2 unspecified atom stereocenters. The van der Waals surface area contributed by atoms with Crippen LogP contribution in [0, 0.1) is 5.92 Å². The smallest absolute Gasteiger partial charge is 0.326 e. The summed E-state index contributed by atoms with van der Waals surface area (Å²) in [4.78, 5) is 51.0. The number of nitrogens with one attached hydrogen (secondary N) is 1. The number of nitrogens with zero attached hydrogens (tertiary/aromatic N) is 1. The largest absolute Gasteiger partial charge is 0.465 e. The van der Waals surface area contributed by atoms with Crippen molar-refractivity contribution in [2.45, 2.75) is 63.6 Å². The molecule has 27 heavy (non-hydrogen) atoms. The minimum absolute atomic E-state index is 0.157.